The average molecular weight is 262 g/mol. The highest BCUT2D eigenvalue weighted by molar-refractivity contribution is 5.00. The van der Waals surface area contributed by atoms with Gasteiger partial charge in [0, 0.05) is 37.8 Å². The van der Waals surface area contributed by atoms with Crippen LogP contribution >= 0.6 is 0 Å². The van der Waals surface area contributed by atoms with Crippen molar-refractivity contribution in [2.45, 2.75) is 45.2 Å². The summed E-state index contributed by atoms with van der Waals surface area (Å²) in [7, 11) is 0. The van der Waals surface area contributed by atoms with E-state index in [2.05, 4.69) is 21.9 Å². The molecule has 0 radical (unpaired) electrons. The van der Waals surface area contributed by atoms with Gasteiger partial charge >= 0.3 is 0 Å². The summed E-state index contributed by atoms with van der Waals surface area (Å²) in [6, 6.07) is 4.11. The van der Waals surface area contributed by atoms with Gasteiger partial charge in [-0.05, 0) is 25.0 Å². The zero-order chi connectivity index (χ0) is 13.5. The highest BCUT2D eigenvalue weighted by atomic mass is 16.3. The van der Waals surface area contributed by atoms with Crippen molar-refractivity contribution in [2.75, 3.05) is 0 Å². The normalized spacial score (nSPS) is 12.7. The first-order chi connectivity index (χ1) is 9.33. The van der Waals surface area contributed by atoms with Gasteiger partial charge < -0.3 is 8.98 Å². The fourth-order valence-corrected chi connectivity index (χ4v) is 2.21. The number of hydrogen-bond acceptors (Lipinski definition) is 4. The molecule has 104 valence electrons. The molecule has 0 spiro atoms. The van der Waals surface area contributed by atoms with E-state index in [1.165, 1.54) is 0 Å². The monoisotopic (exact) mass is 262 g/mol. The van der Waals surface area contributed by atoms with Crippen molar-refractivity contribution in [3.63, 3.8) is 0 Å². The average Bonchev–Trinajstić information content (AvgIpc) is 3.07. The van der Waals surface area contributed by atoms with E-state index in [-0.39, 0.29) is 6.04 Å². The van der Waals surface area contributed by atoms with Crippen molar-refractivity contribution < 1.29 is 4.42 Å². The van der Waals surface area contributed by atoms with Crippen LogP contribution in [0, 0.1) is 0 Å². The molecule has 1 unspecified atom stereocenters. The maximum atomic E-state index is 5.64. The molecule has 0 fully saturated rings. The first kappa shape index (κ1) is 13.8. The van der Waals surface area contributed by atoms with Gasteiger partial charge in [-0.2, -0.15) is 0 Å². The SMILES string of the molecule is CCCn1ccnc1CC(CCc1ccco1)NN. The molecule has 0 bridgehead atoms. The largest absolute Gasteiger partial charge is 0.469 e. The van der Waals surface area contributed by atoms with Crippen molar-refractivity contribution >= 4 is 0 Å². The molecule has 0 aliphatic rings. The van der Waals surface area contributed by atoms with E-state index in [9.17, 15) is 0 Å². The first-order valence-electron chi connectivity index (χ1n) is 6.82. The molecule has 0 aromatic carbocycles. The summed E-state index contributed by atoms with van der Waals surface area (Å²) in [4.78, 5) is 4.41. The number of imidazole rings is 1. The number of hydrazine groups is 1. The Labute approximate surface area is 113 Å². The standard InChI is InChI=1S/C14H22N4O/c1-2-8-18-9-7-16-14(18)11-12(17-15)5-6-13-4-3-10-19-13/h3-4,7,9-10,12,17H,2,5-6,8,11,15H2,1H3. The van der Waals surface area contributed by atoms with Crippen molar-refractivity contribution in [3.05, 3.63) is 42.4 Å². The van der Waals surface area contributed by atoms with Crippen LogP contribution in [0.1, 0.15) is 31.4 Å². The van der Waals surface area contributed by atoms with Crippen molar-refractivity contribution in [2.24, 2.45) is 5.84 Å². The van der Waals surface area contributed by atoms with Gasteiger partial charge in [-0.25, -0.2) is 4.98 Å². The number of nitrogens with two attached hydrogens (primary N) is 1. The van der Waals surface area contributed by atoms with Crippen LogP contribution in [0.3, 0.4) is 0 Å². The summed E-state index contributed by atoms with van der Waals surface area (Å²) in [5, 5.41) is 0. The minimum Gasteiger partial charge on any atom is -0.469 e. The quantitative estimate of drug-likeness (QED) is 0.563. The maximum Gasteiger partial charge on any atom is 0.110 e. The van der Waals surface area contributed by atoms with Crippen LogP contribution in [0.4, 0.5) is 0 Å². The summed E-state index contributed by atoms with van der Waals surface area (Å²) in [6.45, 7) is 3.17. The highest BCUT2D eigenvalue weighted by Crippen LogP contribution is 2.10. The molecule has 2 rings (SSSR count). The van der Waals surface area contributed by atoms with Crippen LogP contribution in [0.25, 0.3) is 0 Å². The van der Waals surface area contributed by atoms with E-state index in [1.54, 1.807) is 6.26 Å². The Hall–Kier alpha value is -1.59. The van der Waals surface area contributed by atoms with Gasteiger partial charge in [0.2, 0.25) is 0 Å². The highest BCUT2D eigenvalue weighted by Gasteiger charge is 2.12. The lowest BCUT2D eigenvalue weighted by atomic mass is 10.1. The molecule has 0 aliphatic heterocycles. The third-order valence-electron chi connectivity index (χ3n) is 3.25. The number of rotatable bonds is 8. The fraction of sp³-hybridized carbons (Fsp3) is 0.500. The molecule has 0 saturated carbocycles. The second-order valence-corrected chi connectivity index (χ2v) is 4.72. The molecule has 2 heterocycles. The van der Waals surface area contributed by atoms with E-state index in [1.807, 2.05) is 24.5 Å². The number of aryl methyl sites for hydroxylation is 2. The topological polar surface area (TPSA) is 69.0 Å². The van der Waals surface area contributed by atoms with Gasteiger partial charge in [0.1, 0.15) is 11.6 Å². The van der Waals surface area contributed by atoms with Gasteiger partial charge in [0.15, 0.2) is 0 Å². The lowest BCUT2D eigenvalue weighted by molar-refractivity contribution is 0.437. The molecular formula is C14H22N4O. The van der Waals surface area contributed by atoms with Crippen LogP contribution in [-0.2, 0) is 19.4 Å². The number of hydrogen-bond donors (Lipinski definition) is 2. The summed E-state index contributed by atoms with van der Waals surface area (Å²) in [6.07, 6.45) is 9.35. The van der Waals surface area contributed by atoms with Gasteiger partial charge in [0.05, 0.1) is 6.26 Å². The van der Waals surface area contributed by atoms with E-state index in [4.69, 9.17) is 10.3 Å². The van der Waals surface area contributed by atoms with E-state index < -0.39 is 0 Å². The maximum absolute atomic E-state index is 5.64. The molecule has 0 amide bonds. The Kier molecular flexibility index (Phi) is 5.18. The van der Waals surface area contributed by atoms with Crippen LogP contribution < -0.4 is 11.3 Å². The van der Waals surface area contributed by atoms with Gasteiger partial charge in [-0.1, -0.05) is 6.92 Å². The van der Waals surface area contributed by atoms with E-state index in [0.29, 0.717) is 0 Å². The summed E-state index contributed by atoms with van der Waals surface area (Å²) in [5.41, 5.74) is 2.88. The van der Waals surface area contributed by atoms with Crippen LogP contribution in [0.2, 0.25) is 0 Å². The molecule has 19 heavy (non-hydrogen) atoms. The molecule has 0 saturated heterocycles. The lowest BCUT2D eigenvalue weighted by Gasteiger charge is -2.15. The predicted octanol–water partition coefficient (Wildman–Crippen LogP) is 1.89. The third kappa shape index (κ3) is 3.94. The van der Waals surface area contributed by atoms with Gasteiger partial charge in [-0.15, -0.1) is 0 Å². The van der Waals surface area contributed by atoms with Gasteiger partial charge in [0.25, 0.3) is 0 Å². The van der Waals surface area contributed by atoms with Crippen LogP contribution in [0.15, 0.2) is 35.2 Å². The van der Waals surface area contributed by atoms with E-state index >= 15 is 0 Å². The zero-order valence-corrected chi connectivity index (χ0v) is 11.4. The van der Waals surface area contributed by atoms with Crippen molar-refractivity contribution in [1.29, 1.82) is 0 Å². The molecule has 0 aliphatic carbocycles. The Bertz CT molecular complexity index is 464. The molecule has 1 atom stereocenters. The molecular weight excluding hydrogens is 240 g/mol. The third-order valence-corrected chi connectivity index (χ3v) is 3.25. The summed E-state index contributed by atoms with van der Waals surface area (Å²) >= 11 is 0. The van der Waals surface area contributed by atoms with Crippen molar-refractivity contribution in [1.82, 2.24) is 15.0 Å². The molecule has 5 heteroatoms. The second kappa shape index (κ2) is 7.11. The molecule has 2 aromatic rings. The lowest BCUT2D eigenvalue weighted by Crippen LogP contribution is -2.37. The smallest absolute Gasteiger partial charge is 0.110 e. The number of nitrogens with zero attached hydrogens (tertiary/aromatic N) is 2. The Morgan fingerprint density at radius 1 is 1.53 bits per heavy atom. The predicted molar refractivity (Wildman–Crippen MR) is 74.4 cm³/mol. The number of nitrogens with one attached hydrogen (secondary N) is 1. The van der Waals surface area contributed by atoms with Crippen molar-refractivity contribution in [3.8, 4) is 0 Å². The summed E-state index contributed by atoms with van der Waals surface area (Å²) in [5.74, 6) is 7.72. The Balaban J connectivity index is 1.89. The first-order valence-corrected chi connectivity index (χ1v) is 6.82. The number of aromatic nitrogens is 2. The molecule has 3 N–H and O–H groups in total. The number of furan rings is 1. The molecule has 2 aromatic heterocycles. The van der Waals surface area contributed by atoms with Gasteiger partial charge in [-0.3, -0.25) is 11.3 Å². The Morgan fingerprint density at radius 2 is 2.42 bits per heavy atom. The van der Waals surface area contributed by atoms with Crippen LogP contribution in [-0.4, -0.2) is 15.6 Å². The second-order valence-electron chi connectivity index (χ2n) is 4.72. The minimum absolute atomic E-state index is 0.211. The minimum atomic E-state index is 0.211. The molecule has 5 nitrogen and oxygen atoms in total. The Morgan fingerprint density at radius 3 is 3.11 bits per heavy atom. The van der Waals surface area contributed by atoms with Crippen LogP contribution in [0.5, 0.6) is 0 Å². The van der Waals surface area contributed by atoms with E-state index in [0.717, 1.165) is 43.8 Å². The summed E-state index contributed by atoms with van der Waals surface area (Å²) < 4.78 is 7.53. The fourth-order valence-electron chi connectivity index (χ4n) is 2.21. The zero-order valence-electron chi connectivity index (χ0n) is 11.4.